The van der Waals surface area contributed by atoms with Crippen LogP contribution in [0.25, 0.3) is 5.69 Å². The summed E-state index contributed by atoms with van der Waals surface area (Å²) in [6.45, 7) is 9.53. The van der Waals surface area contributed by atoms with Gasteiger partial charge in [0.15, 0.2) is 0 Å². The molecule has 0 aliphatic heterocycles. The minimum atomic E-state index is 0.219. The molecule has 1 unspecified atom stereocenters. The van der Waals surface area contributed by atoms with Crippen LogP contribution in [0.5, 0.6) is 0 Å². The molecule has 0 bridgehead atoms. The number of aryl methyl sites for hydroxylation is 1. The number of hydrogen-bond donors (Lipinski definition) is 2. The average molecular weight is 301 g/mol. The summed E-state index contributed by atoms with van der Waals surface area (Å²) in [5.41, 5.74) is 4.56. The topological polar surface area (TPSA) is 50.1 Å². The van der Waals surface area contributed by atoms with Gasteiger partial charge in [0.2, 0.25) is 0 Å². The lowest BCUT2D eigenvalue weighted by Crippen LogP contribution is -2.34. The van der Waals surface area contributed by atoms with Gasteiger partial charge < -0.3 is 10.4 Å². The van der Waals surface area contributed by atoms with E-state index >= 15 is 0 Å². The maximum absolute atomic E-state index is 9.19. The highest BCUT2D eigenvalue weighted by Crippen LogP contribution is 2.18. The van der Waals surface area contributed by atoms with Gasteiger partial charge in [0, 0.05) is 30.5 Å². The van der Waals surface area contributed by atoms with Gasteiger partial charge in [-0.15, -0.1) is 0 Å². The molecule has 120 valence electrons. The van der Waals surface area contributed by atoms with Gasteiger partial charge in [0.25, 0.3) is 0 Å². The molecular weight excluding hydrogens is 274 g/mol. The first-order chi connectivity index (χ1) is 10.5. The molecule has 0 amide bonds. The van der Waals surface area contributed by atoms with E-state index in [1.807, 2.05) is 22.9 Å². The van der Waals surface area contributed by atoms with Gasteiger partial charge in [-0.3, -0.25) is 0 Å². The number of aliphatic hydroxyl groups excluding tert-OH is 1. The van der Waals surface area contributed by atoms with Gasteiger partial charge >= 0.3 is 0 Å². The number of hydrogen-bond acceptors (Lipinski definition) is 3. The lowest BCUT2D eigenvalue weighted by molar-refractivity contribution is 0.243. The molecule has 1 heterocycles. The summed E-state index contributed by atoms with van der Waals surface area (Å²) < 4.78 is 2.00. The van der Waals surface area contributed by atoms with Crippen LogP contribution >= 0.6 is 0 Å². The van der Waals surface area contributed by atoms with Gasteiger partial charge in [-0.2, -0.15) is 5.10 Å². The molecule has 22 heavy (non-hydrogen) atoms. The quantitative estimate of drug-likeness (QED) is 0.826. The summed E-state index contributed by atoms with van der Waals surface area (Å²) in [7, 11) is 0. The monoisotopic (exact) mass is 301 g/mol. The van der Waals surface area contributed by atoms with Gasteiger partial charge in [0.1, 0.15) is 0 Å². The highest BCUT2D eigenvalue weighted by Gasteiger charge is 2.16. The SMILES string of the molecule is Cc1nn(-c2ccccc2)c(C)c1CNC(CCO)C(C)C. The molecule has 0 aliphatic rings. The van der Waals surface area contributed by atoms with E-state index in [0.29, 0.717) is 12.0 Å². The Morgan fingerprint density at radius 3 is 2.45 bits per heavy atom. The normalized spacial score (nSPS) is 12.8. The van der Waals surface area contributed by atoms with E-state index < -0.39 is 0 Å². The van der Waals surface area contributed by atoms with Crippen molar-refractivity contribution in [1.82, 2.24) is 15.1 Å². The summed E-state index contributed by atoms with van der Waals surface area (Å²) in [4.78, 5) is 0. The fourth-order valence-corrected chi connectivity index (χ4v) is 2.79. The molecule has 0 saturated heterocycles. The maximum atomic E-state index is 9.19. The van der Waals surface area contributed by atoms with Gasteiger partial charge in [-0.1, -0.05) is 32.0 Å². The number of nitrogens with one attached hydrogen (secondary N) is 1. The van der Waals surface area contributed by atoms with Crippen LogP contribution in [-0.2, 0) is 6.54 Å². The van der Waals surface area contributed by atoms with Gasteiger partial charge in [-0.25, -0.2) is 4.68 Å². The number of rotatable bonds is 7. The van der Waals surface area contributed by atoms with Crippen LogP contribution in [0.15, 0.2) is 30.3 Å². The minimum Gasteiger partial charge on any atom is -0.396 e. The standard InChI is InChI=1S/C18H27N3O/c1-13(2)18(10-11-22)19-12-17-14(3)20-21(15(17)4)16-8-6-5-7-9-16/h5-9,13,18-19,22H,10-12H2,1-4H3. The number of aromatic nitrogens is 2. The van der Waals surface area contributed by atoms with E-state index in [4.69, 9.17) is 0 Å². The van der Waals surface area contributed by atoms with E-state index in [1.54, 1.807) is 0 Å². The Morgan fingerprint density at radius 2 is 1.86 bits per heavy atom. The fraction of sp³-hybridized carbons (Fsp3) is 0.500. The number of para-hydroxylation sites is 1. The molecule has 0 saturated carbocycles. The molecule has 1 aromatic carbocycles. The Morgan fingerprint density at radius 1 is 1.18 bits per heavy atom. The first-order valence-corrected chi connectivity index (χ1v) is 7.99. The lowest BCUT2D eigenvalue weighted by Gasteiger charge is -2.21. The zero-order chi connectivity index (χ0) is 16.1. The second kappa shape index (κ2) is 7.56. The highest BCUT2D eigenvalue weighted by atomic mass is 16.3. The summed E-state index contributed by atoms with van der Waals surface area (Å²) in [6.07, 6.45) is 0.780. The summed E-state index contributed by atoms with van der Waals surface area (Å²) in [5.74, 6) is 0.497. The molecule has 2 N–H and O–H groups in total. The van der Waals surface area contributed by atoms with E-state index in [-0.39, 0.29) is 6.61 Å². The Kier molecular flexibility index (Phi) is 5.75. The largest absolute Gasteiger partial charge is 0.396 e. The molecule has 4 heteroatoms. The molecular formula is C18H27N3O. The molecule has 2 rings (SSSR count). The van der Waals surface area contributed by atoms with Crippen molar-refractivity contribution in [2.75, 3.05) is 6.61 Å². The van der Waals surface area contributed by atoms with Crippen LogP contribution in [0.1, 0.15) is 37.2 Å². The second-order valence-corrected chi connectivity index (χ2v) is 6.14. The van der Waals surface area contributed by atoms with Crippen LogP contribution in [0.3, 0.4) is 0 Å². The highest BCUT2D eigenvalue weighted by molar-refractivity contribution is 5.36. The predicted molar refractivity (Wildman–Crippen MR) is 90.2 cm³/mol. The van der Waals surface area contributed by atoms with E-state index in [0.717, 1.165) is 24.3 Å². The number of aliphatic hydroxyl groups is 1. The van der Waals surface area contributed by atoms with Crippen LogP contribution in [0.4, 0.5) is 0 Å². The maximum Gasteiger partial charge on any atom is 0.0648 e. The lowest BCUT2D eigenvalue weighted by atomic mass is 10.0. The number of benzene rings is 1. The van der Waals surface area contributed by atoms with Crippen molar-refractivity contribution in [3.05, 3.63) is 47.3 Å². The zero-order valence-electron chi connectivity index (χ0n) is 14.0. The first-order valence-electron chi connectivity index (χ1n) is 7.99. The van der Waals surface area contributed by atoms with Crippen LogP contribution < -0.4 is 5.32 Å². The first kappa shape index (κ1) is 16.7. The Balaban J connectivity index is 2.17. The molecule has 2 aromatic rings. The van der Waals surface area contributed by atoms with Crippen molar-refractivity contribution in [2.24, 2.45) is 5.92 Å². The second-order valence-electron chi connectivity index (χ2n) is 6.14. The fourth-order valence-electron chi connectivity index (χ4n) is 2.79. The molecule has 0 radical (unpaired) electrons. The van der Waals surface area contributed by atoms with Gasteiger partial charge in [0.05, 0.1) is 11.4 Å². The average Bonchev–Trinajstić information content (AvgIpc) is 2.79. The Labute approximate surface area is 133 Å². The third-order valence-electron chi connectivity index (χ3n) is 4.23. The van der Waals surface area contributed by atoms with Crippen molar-refractivity contribution in [3.63, 3.8) is 0 Å². The minimum absolute atomic E-state index is 0.219. The van der Waals surface area contributed by atoms with Crippen molar-refractivity contribution in [3.8, 4) is 5.69 Å². The summed E-state index contributed by atoms with van der Waals surface area (Å²) in [5, 5.41) is 17.4. The third-order valence-corrected chi connectivity index (χ3v) is 4.23. The number of nitrogens with zero attached hydrogens (tertiary/aromatic N) is 2. The zero-order valence-corrected chi connectivity index (χ0v) is 14.0. The third kappa shape index (κ3) is 3.76. The van der Waals surface area contributed by atoms with Crippen LogP contribution in [0.2, 0.25) is 0 Å². The molecule has 0 fully saturated rings. The van der Waals surface area contributed by atoms with Crippen LogP contribution in [-0.4, -0.2) is 27.5 Å². The molecule has 1 atom stereocenters. The molecule has 1 aromatic heterocycles. The van der Waals surface area contributed by atoms with Crippen molar-refractivity contribution >= 4 is 0 Å². The van der Waals surface area contributed by atoms with Crippen molar-refractivity contribution < 1.29 is 5.11 Å². The molecule has 4 nitrogen and oxygen atoms in total. The van der Waals surface area contributed by atoms with Gasteiger partial charge in [-0.05, 0) is 38.3 Å². The smallest absolute Gasteiger partial charge is 0.0648 e. The van der Waals surface area contributed by atoms with Crippen LogP contribution in [0, 0.1) is 19.8 Å². The Bertz CT molecular complexity index is 590. The van der Waals surface area contributed by atoms with E-state index in [2.05, 4.69) is 50.2 Å². The van der Waals surface area contributed by atoms with Crippen molar-refractivity contribution in [2.45, 2.75) is 46.7 Å². The summed E-state index contributed by atoms with van der Waals surface area (Å²) in [6, 6.07) is 10.5. The summed E-state index contributed by atoms with van der Waals surface area (Å²) >= 11 is 0. The molecule has 0 aliphatic carbocycles. The molecule has 0 spiro atoms. The van der Waals surface area contributed by atoms with E-state index in [9.17, 15) is 5.11 Å². The van der Waals surface area contributed by atoms with E-state index in [1.165, 1.54) is 11.3 Å². The predicted octanol–water partition coefficient (Wildman–Crippen LogP) is 2.99. The van der Waals surface area contributed by atoms with Crippen molar-refractivity contribution in [1.29, 1.82) is 0 Å². The Hall–Kier alpha value is -1.65.